The molecule has 0 unspecified atom stereocenters. The van der Waals surface area contributed by atoms with Crippen LogP contribution in [0.5, 0.6) is 5.75 Å². The molecule has 0 spiro atoms. The molecule has 1 heterocycles. The fourth-order valence-electron chi connectivity index (χ4n) is 2.28. The highest BCUT2D eigenvalue weighted by Gasteiger charge is 2.00. The summed E-state index contributed by atoms with van der Waals surface area (Å²) in [7, 11) is 0. The predicted molar refractivity (Wildman–Crippen MR) is 97.6 cm³/mol. The van der Waals surface area contributed by atoms with Crippen molar-refractivity contribution in [3.05, 3.63) is 47.8 Å². The fourth-order valence-corrected chi connectivity index (χ4v) is 2.28. The van der Waals surface area contributed by atoms with Gasteiger partial charge in [0.15, 0.2) is 5.96 Å². The van der Waals surface area contributed by atoms with Gasteiger partial charge in [0.2, 0.25) is 0 Å². The highest BCUT2D eigenvalue weighted by Crippen LogP contribution is 2.07. The number of guanidine groups is 1. The smallest absolute Gasteiger partial charge is 0.191 e. The van der Waals surface area contributed by atoms with Gasteiger partial charge in [-0.05, 0) is 44.4 Å². The molecule has 6 nitrogen and oxygen atoms in total. The number of hydrogen-bond acceptors (Lipinski definition) is 3. The Bertz CT molecular complexity index is 609. The Morgan fingerprint density at radius 3 is 2.79 bits per heavy atom. The van der Waals surface area contributed by atoms with Crippen LogP contribution >= 0.6 is 0 Å². The van der Waals surface area contributed by atoms with E-state index in [1.165, 1.54) is 5.56 Å². The van der Waals surface area contributed by atoms with Crippen molar-refractivity contribution >= 4 is 5.96 Å². The molecule has 0 aliphatic rings. The van der Waals surface area contributed by atoms with Crippen LogP contribution in [0.15, 0.2) is 41.5 Å². The van der Waals surface area contributed by atoms with E-state index < -0.39 is 0 Å². The number of para-hydroxylation sites is 1. The number of aromatic amines is 1. The maximum absolute atomic E-state index is 5.67. The van der Waals surface area contributed by atoms with Crippen molar-refractivity contribution in [2.75, 3.05) is 26.2 Å². The van der Waals surface area contributed by atoms with E-state index in [1.807, 2.05) is 43.5 Å². The second-order valence-electron chi connectivity index (χ2n) is 5.47. The maximum atomic E-state index is 5.67. The van der Waals surface area contributed by atoms with Crippen molar-refractivity contribution in [2.45, 2.75) is 26.7 Å². The van der Waals surface area contributed by atoms with E-state index in [-0.39, 0.29) is 0 Å². The topological polar surface area (TPSA) is 74.3 Å². The van der Waals surface area contributed by atoms with Crippen molar-refractivity contribution in [1.29, 1.82) is 0 Å². The summed E-state index contributed by atoms with van der Waals surface area (Å²) in [6.07, 6.45) is 3.88. The van der Waals surface area contributed by atoms with Gasteiger partial charge >= 0.3 is 0 Å². The SMILES string of the molecule is CCNC(=NCCCc1cn[nH]c1C)NCCOc1ccccc1. The number of ether oxygens (including phenoxy) is 1. The van der Waals surface area contributed by atoms with E-state index in [1.54, 1.807) is 0 Å². The predicted octanol–water partition coefficient (Wildman–Crippen LogP) is 2.28. The highest BCUT2D eigenvalue weighted by atomic mass is 16.5. The lowest BCUT2D eigenvalue weighted by molar-refractivity contribution is 0.322. The third kappa shape index (κ3) is 6.32. The molecular formula is C18H27N5O. The molecule has 3 N–H and O–H groups in total. The first-order valence-electron chi connectivity index (χ1n) is 8.48. The minimum atomic E-state index is 0.600. The third-order valence-corrected chi connectivity index (χ3v) is 3.56. The molecule has 0 amide bonds. The van der Waals surface area contributed by atoms with Crippen LogP contribution in [-0.4, -0.2) is 42.4 Å². The van der Waals surface area contributed by atoms with Crippen LogP contribution in [-0.2, 0) is 6.42 Å². The summed E-state index contributed by atoms with van der Waals surface area (Å²) in [4.78, 5) is 4.60. The monoisotopic (exact) mass is 329 g/mol. The average molecular weight is 329 g/mol. The Labute approximate surface area is 143 Å². The van der Waals surface area contributed by atoms with Gasteiger partial charge < -0.3 is 15.4 Å². The second kappa shape index (κ2) is 10.3. The van der Waals surface area contributed by atoms with Crippen molar-refractivity contribution in [2.24, 2.45) is 4.99 Å². The lowest BCUT2D eigenvalue weighted by atomic mass is 10.1. The molecule has 0 saturated carbocycles. The largest absolute Gasteiger partial charge is 0.492 e. The molecule has 2 aromatic rings. The quantitative estimate of drug-likeness (QED) is 0.375. The van der Waals surface area contributed by atoms with E-state index in [0.717, 1.165) is 43.3 Å². The average Bonchev–Trinajstić information content (AvgIpc) is 3.01. The number of nitrogens with one attached hydrogen (secondary N) is 3. The summed E-state index contributed by atoms with van der Waals surface area (Å²) in [6, 6.07) is 9.83. The van der Waals surface area contributed by atoms with Gasteiger partial charge in [0.05, 0.1) is 12.7 Å². The lowest BCUT2D eigenvalue weighted by Crippen LogP contribution is -2.39. The Kier molecular flexibility index (Phi) is 7.67. The molecule has 0 radical (unpaired) electrons. The van der Waals surface area contributed by atoms with Crippen molar-refractivity contribution in [3.8, 4) is 5.75 Å². The van der Waals surface area contributed by atoms with Crippen LogP contribution < -0.4 is 15.4 Å². The number of aryl methyl sites for hydroxylation is 2. The summed E-state index contributed by atoms with van der Waals surface area (Å²) in [5.41, 5.74) is 2.40. The summed E-state index contributed by atoms with van der Waals surface area (Å²) < 4.78 is 5.67. The van der Waals surface area contributed by atoms with Gasteiger partial charge in [-0.3, -0.25) is 10.1 Å². The lowest BCUT2D eigenvalue weighted by Gasteiger charge is -2.12. The second-order valence-corrected chi connectivity index (χ2v) is 5.47. The number of aliphatic imine (C=N–C) groups is 1. The zero-order valence-corrected chi connectivity index (χ0v) is 14.5. The first kappa shape index (κ1) is 17.8. The molecule has 2 rings (SSSR count). The highest BCUT2D eigenvalue weighted by molar-refractivity contribution is 5.79. The molecule has 0 aliphatic carbocycles. The van der Waals surface area contributed by atoms with Gasteiger partial charge in [-0.1, -0.05) is 18.2 Å². The molecular weight excluding hydrogens is 302 g/mol. The number of nitrogens with zero attached hydrogens (tertiary/aromatic N) is 2. The van der Waals surface area contributed by atoms with Gasteiger partial charge in [0, 0.05) is 18.8 Å². The van der Waals surface area contributed by atoms with Crippen LogP contribution in [0.1, 0.15) is 24.6 Å². The van der Waals surface area contributed by atoms with Gasteiger partial charge in [-0.2, -0.15) is 5.10 Å². The summed E-state index contributed by atoms with van der Waals surface area (Å²) in [5, 5.41) is 13.5. The van der Waals surface area contributed by atoms with Crippen LogP contribution in [0, 0.1) is 6.92 Å². The Morgan fingerprint density at radius 1 is 1.25 bits per heavy atom. The van der Waals surface area contributed by atoms with Crippen molar-refractivity contribution in [1.82, 2.24) is 20.8 Å². The minimum Gasteiger partial charge on any atom is -0.492 e. The number of H-pyrrole nitrogens is 1. The minimum absolute atomic E-state index is 0.600. The molecule has 0 bridgehead atoms. The Morgan fingerprint density at radius 2 is 2.08 bits per heavy atom. The van der Waals surface area contributed by atoms with Crippen molar-refractivity contribution in [3.63, 3.8) is 0 Å². The van der Waals surface area contributed by atoms with E-state index in [0.29, 0.717) is 13.2 Å². The molecule has 0 fully saturated rings. The summed E-state index contributed by atoms with van der Waals surface area (Å²) in [6.45, 7) is 7.03. The van der Waals surface area contributed by atoms with E-state index >= 15 is 0 Å². The summed E-state index contributed by atoms with van der Waals surface area (Å²) in [5.74, 6) is 1.72. The van der Waals surface area contributed by atoms with Gasteiger partial charge in [-0.25, -0.2) is 0 Å². The Hall–Kier alpha value is -2.50. The number of rotatable bonds is 9. The maximum Gasteiger partial charge on any atom is 0.191 e. The molecule has 0 saturated heterocycles. The standard InChI is InChI=1S/C18H27N5O/c1-3-19-18(20-11-7-8-16-14-22-23-15(16)2)21-12-13-24-17-9-5-4-6-10-17/h4-6,9-10,14H,3,7-8,11-13H2,1-2H3,(H,22,23)(H2,19,20,21). The fraction of sp³-hybridized carbons (Fsp3) is 0.444. The zero-order chi connectivity index (χ0) is 17.0. The van der Waals surface area contributed by atoms with Gasteiger partial charge in [0.1, 0.15) is 12.4 Å². The number of hydrogen-bond donors (Lipinski definition) is 3. The van der Waals surface area contributed by atoms with Crippen LogP contribution in [0.25, 0.3) is 0 Å². The molecule has 6 heteroatoms. The van der Waals surface area contributed by atoms with Gasteiger partial charge in [0.25, 0.3) is 0 Å². The first-order valence-corrected chi connectivity index (χ1v) is 8.48. The molecule has 0 aliphatic heterocycles. The molecule has 1 aromatic heterocycles. The Balaban J connectivity index is 1.67. The summed E-state index contributed by atoms with van der Waals surface area (Å²) >= 11 is 0. The van der Waals surface area contributed by atoms with E-state index in [4.69, 9.17) is 4.74 Å². The molecule has 0 atom stereocenters. The van der Waals surface area contributed by atoms with Crippen LogP contribution in [0.2, 0.25) is 0 Å². The van der Waals surface area contributed by atoms with E-state index in [9.17, 15) is 0 Å². The first-order chi connectivity index (χ1) is 11.8. The zero-order valence-electron chi connectivity index (χ0n) is 14.5. The van der Waals surface area contributed by atoms with Crippen LogP contribution in [0.3, 0.4) is 0 Å². The third-order valence-electron chi connectivity index (χ3n) is 3.56. The van der Waals surface area contributed by atoms with Gasteiger partial charge in [-0.15, -0.1) is 0 Å². The molecule has 24 heavy (non-hydrogen) atoms. The van der Waals surface area contributed by atoms with Crippen LogP contribution in [0.4, 0.5) is 0 Å². The molecule has 1 aromatic carbocycles. The number of benzene rings is 1. The normalized spacial score (nSPS) is 11.3. The van der Waals surface area contributed by atoms with E-state index in [2.05, 4.69) is 32.7 Å². The molecule has 130 valence electrons. The number of aromatic nitrogens is 2. The van der Waals surface area contributed by atoms with Crippen molar-refractivity contribution < 1.29 is 4.74 Å².